The zero-order chi connectivity index (χ0) is 17.0. The Hall–Kier alpha value is -1.11. The second kappa shape index (κ2) is 7.64. The normalized spacial score (nSPS) is 19.1. The summed E-state index contributed by atoms with van der Waals surface area (Å²) in [6.45, 7) is 7.10. The van der Waals surface area contributed by atoms with Crippen molar-refractivity contribution in [1.29, 1.82) is 0 Å². The summed E-state index contributed by atoms with van der Waals surface area (Å²) < 4.78 is 26.2. The fourth-order valence-electron chi connectivity index (χ4n) is 3.07. The first-order valence-corrected chi connectivity index (χ1v) is 9.91. The fraction of sp³-hybridized carbons (Fsp3) is 0.647. The van der Waals surface area contributed by atoms with Gasteiger partial charge < -0.3 is 10.4 Å². The topological polar surface area (TPSA) is 69.6 Å². The number of benzene rings is 1. The predicted molar refractivity (Wildman–Crippen MR) is 92.9 cm³/mol. The first kappa shape index (κ1) is 18.2. The minimum atomic E-state index is -3.12. The Morgan fingerprint density at radius 2 is 1.91 bits per heavy atom. The molecule has 5 nitrogen and oxygen atoms in total. The van der Waals surface area contributed by atoms with E-state index in [0.717, 1.165) is 18.4 Å². The molecule has 0 radical (unpaired) electrons. The van der Waals surface area contributed by atoms with Crippen molar-refractivity contribution in [1.82, 2.24) is 9.62 Å². The molecule has 1 aliphatic rings. The number of hydrogen-bond acceptors (Lipinski definition) is 4. The highest BCUT2D eigenvalue weighted by Crippen LogP contribution is 2.22. The van der Waals surface area contributed by atoms with E-state index < -0.39 is 10.0 Å². The molecule has 0 amide bonds. The molecule has 6 heteroatoms. The third-order valence-electron chi connectivity index (χ3n) is 4.25. The van der Waals surface area contributed by atoms with Crippen molar-refractivity contribution >= 4 is 10.0 Å². The minimum absolute atomic E-state index is 0.130. The largest absolute Gasteiger partial charge is 0.508 e. The van der Waals surface area contributed by atoms with Gasteiger partial charge in [0, 0.05) is 25.2 Å². The Labute approximate surface area is 139 Å². The van der Waals surface area contributed by atoms with Crippen molar-refractivity contribution in [2.45, 2.75) is 45.7 Å². The molecule has 1 aliphatic heterocycles. The van der Waals surface area contributed by atoms with Gasteiger partial charge in [0.25, 0.3) is 0 Å². The summed E-state index contributed by atoms with van der Waals surface area (Å²) in [7, 11) is -3.12. The van der Waals surface area contributed by atoms with Crippen LogP contribution in [0.2, 0.25) is 0 Å². The predicted octanol–water partition coefficient (Wildman–Crippen LogP) is 2.49. The second-order valence-electron chi connectivity index (χ2n) is 6.83. The Morgan fingerprint density at radius 3 is 2.48 bits per heavy atom. The molecule has 0 bridgehead atoms. The first-order chi connectivity index (χ1) is 10.8. The summed E-state index contributed by atoms with van der Waals surface area (Å²) in [4.78, 5) is 0. The Morgan fingerprint density at radius 1 is 1.26 bits per heavy atom. The van der Waals surface area contributed by atoms with Gasteiger partial charge in [-0.05, 0) is 43.4 Å². The maximum atomic E-state index is 12.3. The first-order valence-electron chi connectivity index (χ1n) is 8.30. The van der Waals surface area contributed by atoms with Gasteiger partial charge in [0.15, 0.2) is 0 Å². The number of aromatic hydroxyl groups is 1. The number of rotatable bonds is 6. The van der Waals surface area contributed by atoms with Gasteiger partial charge in [0.05, 0.1) is 5.75 Å². The van der Waals surface area contributed by atoms with E-state index in [0.29, 0.717) is 19.1 Å². The molecule has 1 aromatic rings. The highest BCUT2D eigenvalue weighted by Gasteiger charge is 2.28. The van der Waals surface area contributed by atoms with E-state index in [1.54, 1.807) is 16.4 Å². The SMILES string of the molecule is CC(C)CS(=O)(=O)N1CCC(N[C@@H](C)c2cccc(O)c2)CC1. The lowest BCUT2D eigenvalue weighted by molar-refractivity contribution is 0.276. The van der Waals surface area contributed by atoms with Crippen molar-refractivity contribution in [3.63, 3.8) is 0 Å². The molecule has 1 aromatic carbocycles. The molecule has 23 heavy (non-hydrogen) atoms. The van der Waals surface area contributed by atoms with E-state index in [1.807, 2.05) is 26.0 Å². The molecule has 0 aliphatic carbocycles. The molecule has 2 rings (SSSR count). The van der Waals surface area contributed by atoms with E-state index in [2.05, 4.69) is 12.2 Å². The van der Waals surface area contributed by atoms with E-state index in [-0.39, 0.29) is 23.5 Å². The molecule has 130 valence electrons. The van der Waals surface area contributed by atoms with Gasteiger partial charge in [-0.25, -0.2) is 12.7 Å². The number of nitrogens with zero attached hydrogens (tertiary/aromatic N) is 1. The summed E-state index contributed by atoms with van der Waals surface area (Å²) in [6, 6.07) is 7.68. The van der Waals surface area contributed by atoms with E-state index in [4.69, 9.17) is 0 Å². The molecule has 0 saturated carbocycles. The van der Waals surface area contributed by atoms with Crippen LogP contribution in [0.25, 0.3) is 0 Å². The monoisotopic (exact) mass is 340 g/mol. The van der Waals surface area contributed by atoms with E-state index >= 15 is 0 Å². The van der Waals surface area contributed by atoms with Crippen molar-refractivity contribution in [2.75, 3.05) is 18.8 Å². The maximum absolute atomic E-state index is 12.3. The summed E-state index contributed by atoms with van der Waals surface area (Å²) in [6.07, 6.45) is 1.64. The third kappa shape index (κ3) is 5.19. The average Bonchev–Trinajstić information content (AvgIpc) is 2.46. The van der Waals surface area contributed by atoms with Crippen molar-refractivity contribution in [3.05, 3.63) is 29.8 Å². The van der Waals surface area contributed by atoms with Crippen LogP contribution in [-0.4, -0.2) is 42.7 Å². The van der Waals surface area contributed by atoms with Crippen LogP contribution < -0.4 is 5.32 Å². The van der Waals surface area contributed by atoms with Gasteiger partial charge in [-0.15, -0.1) is 0 Å². The third-order valence-corrected chi connectivity index (χ3v) is 6.49. The summed E-state index contributed by atoms with van der Waals surface area (Å²) in [5.74, 6) is 0.650. The number of sulfonamides is 1. The van der Waals surface area contributed by atoms with E-state index in [1.165, 1.54) is 0 Å². The fourth-order valence-corrected chi connectivity index (χ4v) is 4.89. The van der Waals surface area contributed by atoms with Crippen LogP contribution in [0.4, 0.5) is 0 Å². The van der Waals surface area contributed by atoms with Crippen molar-refractivity contribution < 1.29 is 13.5 Å². The van der Waals surface area contributed by atoms with Crippen LogP contribution in [0.3, 0.4) is 0 Å². The lowest BCUT2D eigenvalue weighted by Crippen LogP contribution is -2.46. The van der Waals surface area contributed by atoms with Gasteiger partial charge >= 0.3 is 0 Å². The molecule has 0 aromatic heterocycles. The molecule has 1 saturated heterocycles. The van der Waals surface area contributed by atoms with Gasteiger partial charge in [-0.3, -0.25) is 0 Å². The number of nitrogens with one attached hydrogen (secondary N) is 1. The number of piperidine rings is 1. The standard InChI is InChI=1S/C17H28N2O3S/c1-13(2)12-23(21,22)19-9-7-16(8-10-19)18-14(3)15-5-4-6-17(20)11-15/h4-6,11,13-14,16,18,20H,7-10,12H2,1-3H3/t14-/m0/s1. The molecule has 0 spiro atoms. The molecule has 0 unspecified atom stereocenters. The lowest BCUT2D eigenvalue weighted by atomic mass is 10.0. The second-order valence-corrected chi connectivity index (χ2v) is 8.84. The van der Waals surface area contributed by atoms with Gasteiger partial charge in [-0.1, -0.05) is 26.0 Å². The van der Waals surface area contributed by atoms with Crippen LogP contribution in [0.15, 0.2) is 24.3 Å². The number of phenolic OH excluding ortho intramolecular Hbond substituents is 1. The van der Waals surface area contributed by atoms with Crippen LogP contribution in [0.5, 0.6) is 5.75 Å². The van der Waals surface area contributed by atoms with Crippen LogP contribution in [-0.2, 0) is 10.0 Å². The van der Waals surface area contributed by atoms with Gasteiger partial charge in [0.2, 0.25) is 10.0 Å². The summed E-state index contributed by atoms with van der Waals surface area (Å²) in [5, 5.41) is 13.1. The van der Waals surface area contributed by atoms with Crippen LogP contribution in [0.1, 0.15) is 45.2 Å². The summed E-state index contributed by atoms with van der Waals surface area (Å²) >= 11 is 0. The molecule has 1 fully saturated rings. The molecular formula is C17H28N2O3S. The van der Waals surface area contributed by atoms with Gasteiger partial charge in [0.1, 0.15) is 5.75 Å². The summed E-state index contributed by atoms with van der Waals surface area (Å²) in [5.41, 5.74) is 1.04. The number of phenols is 1. The molecule has 1 heterocycles. The average molecular weight is 340 g/mol. The lowest BCUT2D eigenvalue weighted by Gasteiger charge is -2.33. The number of hydrogen-bond donors (Lipinski definition) is 2. The Bertz CT molecular complexity index is 608. The zero-order valence-corrected chi connectivity index (χ0v) is 15.0. The van der Waals surface area contributed by atoms with Crippen molar-refractivity contribution in [2.24, 2.45) is 5.92 Å². The van der Waals surface area contributed by atoms with Gasteiger partial charge in [-0.2, -0.15) is 0 Å². The smallest absolute Gasteiger partial charge is 0.214 e. The molecule has 1 atom stereocenters. The minimum Gasteiger partial charge on any atom is -0.508 e. The Balaban J connectivity index is 1.87. The highest BCUT2D eigenvalue weighted by atomic mass is 32.2. The Kier molecular flexibility index (Phi) is 6.06. The molecular weight excluding hydrogens is 312 g/mol. The van der Waals surface area contributed by atoms with Crippen LogP contribution in [0, 0.1) is 5.92 Å². The zero-order valence-electron chi connectivity index (χ0n) is 14.2. The quantitative estimate of drug-likeness (QED) is 0.835. The maximum Gasteiger partial charge on any atom is 0.214 e. The van der Waals surface area contributed by atoms with Crippen LogP contribution >= 0.6 is 0 Å². The van der Waals surface area contributed by atoms with Crippen molar-refractivity contribution in [3.8, 4) is 5.75 Å². The highest BCUT2D eigenvalue weighted by molar-refractivity contribution is 7.89. The van der Waals surface area contributed by atoms with E-state index in [9.17, 15) is 13.5 Å². The molecule has 2 N–H and O–H groups in total.